The van der Waals surface area contributed by atoms with Crippen molar-refractivity contribution in [1.29, 1.82) is 0 Å². The Kier molecular flexibility index (Phi) is 15.4. The van der Waals surface area contributed by atoms with Gasteiger partial charge < -0.3 is 37.2 Å². The average Bonchev–Trinajstić information content (AvgIpc) is 3.45. The van der Waals surface area contributed by atoms with Gasteiger partial charge in [0.05, 0.1) is 0 Å². The van der Waals surface area contributed by atoms with Gasteiger partial charge in [0, 0.05) is 0 Å². The van der Waals surface area contributed by atoms with E-state index in [-0.39, 0.29) is 58.9 Å². The van der Waals surface area contributed by atoms with Crippen LogP contribution in [0.25, 0.3) is 11.1 Å². The van der Waals surface area contributed by atoms with Crippen LogP contribution in [0.1, 0.15) is 76.0 Å². The Hall–Kier alpha value is -1.97. The Balaban J connectivity index is 0.00000231. The Labute approximate surface area is 294 Å². The van der Waals surface area contributed by atoms with Crippen molar-refractivity contribution < 1.29 is 58.9 Å². The maximum absolute atomic E-state index is 2.64. The molecule has 0 aromatic heterocycles. The quantitative estimate of drug-likeness (QED) is 0.110. The van der Waals surface area contributed by atoms with Gasteiger partial charge in [-0.2, -0.15) is 17.7 Å². The van der Waals surface area contributed by atoms with Crippen LogP contribution in [0.5, 0.6) is 0 Å². The SMILES string of the molecule is CC(C)c1cccc([Si](c2cccc(C(C)C)c2)(c2cccc(C(C)C)c2)[c-]2ccc(-c3ccccc3)c2)c1.[Cl-].[Cl-].[Cl-].[Ti+4]. The van der Waals surface area contributed by atoms with Gasteiger partial charge in [0.1, 0.15) is 8.07 Å². The molecule has 0 amide bonds. The molecule has 0 nitrogen and oxygen atoms in total. The predicted octanol–water partition coefficient (Wildman–Crippen LogP) is -1.17. The fourth-order valence-corrected chi connectivity index (χ4v) is 10.8. The molecule has 5 rings (SSSR count). The summed E-state index contributed by atoms with van der Waals surface area (Å²) in [6.45, 7) is 13.8. The summed E-state index contributed by atoms with van der Waals surface area (Å²) in [5.74, 6) is 1.42. The molecule has 0 saturated carbocycles. The number of benzene rings is 4. The van der Waals surface area contributed by atoms with Crippen LogP contribution in [-0.2, 0) is 21.7 Å². The van der Waals surface area contributed by atoms with Gasteiger partial charge in [0.15, 0.2) is 0 Å². The summed E-state index contributed by atoms with van der Waals surface area (Å²) in [5, 5.41) is 5.83. The Morgan fingerprint density at radius 3 is 1.23 bits per heavy atom. The molecule has 0 aliphatic carbocycles. The minimum Gasteiger partial charge on any atom is -1.00 e. The monoisotopic (exact) mass is 678 g/mol. The van der Waals surface area contributed by atoms with Crippen molar-refractivity contribution in [1.82, 2.24) is 0 Å². The van der Waals surface area contributed by atoms with Crippen molar-refractivity contribution in [3.63, 3.8) is 0 Å². The van der Waals surface area contributed by atoms with Gasteiger partial charge in [-0.3, -0.25) is 0 Å². The van der Waals surface area contributed by atoms with E-state index < -0.39 is 8.07 Å². The van der Waals surface area contributed by atoms with Gasteiger partial charge in [-0.25, -0.2) is 6.07 Å². The molecule has 0 N–H and O–H groups in total. The third kappa shape index (κ3) is 8.01. The van der Waals surface area contributed by atoms with Crippen molar-refractivity contribution in [3.8, 4) is 11.1 Å². The predicted molar refractivity (Wildman–Crippen MR) is 173 cm³/mol. The van der Waals surface area contributed by atoms with Gasteiger partial charge in [0.25, 0.3) is 0 Å². The second-order valence-corrected chi connectivity index (χ2v) is 15.7. The number of halogens is 3. The van der Waals surface area contributed by atoms with Crippen LogP contribution in [0.2, 0.25) is 0 Å². The first kappa shape index (κ1) is 39.1. The van der Waals surface area contributed by atoms with Crippen LogP contribution in [0.15, 0.2) is 121 Å². The second-order valence-electron chi connectivity index (χ2n) is 11.8. The molecular weight excluding hydrogens is 639 g/mol. The zero-order chi connectivity index (χ0) is 27.6. The molecule has 5 aromatic carbocycles. The summed E-state index contributed by atoms with van der Waals surface area (Å²) in [4.78, 5) is 0. The van der Waals surface area contributed by atoms with E-state index >= 15 is 0 Å². The maximum atomic E-state index is 2.51. The van der Waals surface area contributed by atoms with Crippen LogP contribution in [0.3, 0.4) is 0 Å². The van der Waals surface area contributed by atoms with Crippen LogP contribution in [0.4, 0.5) is 0 Å². The first-order chi connectivity index (χ1) is 18.8. The molecule has 43 heavy (non-hydrogen) atoms. The van der Waals surface area contributed by atoms with Crippen LogP contribution in [0, 0.1) is 0 Å². The smallest absolute Gasteiger partial charge is 1.00 e. The van der Waals surface area contributed by atoms with Crippen LogP contribution >= 0.6 is 0 Å². The molecule has 0 aliphatic rings. The van der Waals surface area contributed by atoms with Crippen molar-refractivity contribution in [2.75, 3.05) is 0 Å². The Morgan fingerprint density at radius 2 is 0.860 bits per heavy atom. The van der Waals surface area contributed by atoms with E-state index in [0.29, 0.717) is 17.8 Å². The summed E-state index contributed by atoms with van der Waals surface area (Å²) in [7, 11) is -2.64. The average molecular weight is 680 g/mol. The molecule has 0 aliphatic heterocycles. The minimum absolute atomic E-state index is 0. The van der Waals surface area contributed by atoms with Crippen molar-refractivity contribution in [2.45, 2.75) is 59.3 Å². The first-order valence-corrected chi connectivity index (χ1v) is 16.4. The summed E-state index contributed by atoms with van der Waals surface area (Å²) in [6, 6.07) is 46.5. The summed E-state index contributed by atoms with van der Waals surface area (Å²) in [6.07, 6.45) is 0. The van der Waals surface area contributed by atoms with E-state index in [9.17, 15) is 0 Å². The van der Waals surface area contributed by atoms with E-state index in [2.05, 4.69) is 163 Å². The number of hydrogen-bond acceptors (Lipinski definition) is 0. The molecule has 0 radical (unpaired) electrons. The van der Waals surface area contributed by atoms with Crippen molar-refractivity contribution >= 4 is 28.8 Å². The first-order valence-electron chi connectivity index (χ1n) is 14.4. The third-order valence-electron chi connectivity index (χ3n) is 8.25. The normalized spacial score (nSPS) is 10.9. The van der Waals surface area contributed by atoms with E-state index in [0.717, 1.165) is 0 Å². The van der Waals surface area contributed by atoms with Gasteiger partial charge in [0.2, 0.25) is 0 Å². The molecule has 5 heteroatoms. The summed E-state index contributed by atoms with van der Waals surface area (Å²) >= 11 is 0. The van der Waals surface area contributed by atoms with Crippen molar-refractivity contribution in [2.24, 2.45) is 0 Å². The fraction of sp³-hybridized carbons (Fsp3) is 0.237. The largest absolute Gasteiger partial charge is 4.00 e. The van der Waals surface area contributed by atoms with E-state index in [1.54, 1.807) is 0 Å². The van der Waals surface area contributed by atoms with E-state index in [1.165, 1.54) is 48.6 Å². The molecule has 222 valence electrons. The number of rotatable bonds is 8. The van der Waals surface area contributed by atoms with Crippen molar-refractivity contribution in [3.05, 3.63) is 138 Å². The van der Waals surface area contributed by atoms with Gasteiger partial charge in [-0.15, -0.1) is 5.19 Å². The van der Waals surface area contributed by atoms with E-state index in [4.69, 9.17) is 0 Å². The zero-order valence-corrected chi connectivity index (χ0v) is 30.7. The Bertz CT molecular complexity index is 1430. The topological polar surface area (TPSA) is 0 Å². The van der Waals surface area contributed by atoms with Crippen LogP contribution < -0.4 is 58.0 Å². The Morgan fingerprint density at radius 1 is 0.465 bits per heavy atom. The third-order valence-corrected chi connectivity index (χ3v) is 13.0. The maximum Gasteiger partial charge on any atom is 4.00 e. The molecule has 0 atom stereocenters. The molecule has 0 heterocycles. The van der Waals surface area contributed by atoms with Crippen LogP contribution in [-0.4, -0.2) is 8.07 Å². The molecule has 0 fully saturated rings. The summed E-state index contributed by atoms with van der Waals surface area (Å²) < 4.78 is 0. The molecule has 0 saturated heterocycles. The molecule has 5 aromatic rings. The molecule has 0 spiro atoms. The van der Waals surface area contributed by atoms with Gasteiger partial charge in [-0.05, 0) is 34.4 Å². The number of hydrogen-bond donors (Lipinski definition) is 0. The zero-order valence-electron chi connectivity index (χ0n) is 25.9. The summed E-state index contributed by atoms with van der Waals surface area (Å²) in [5.41, 5.74) is 6.77. The van der Waals surface area contributed by atoms with Gasteiger partial charge >= 0.3 is 21.7 Å². The fourth-order valence-electron chi connectivity index (χ4n) is 5.88. The molecule has 0 unspecified atom stereocenters. The second kappa shape index (κ2) is 16.9. The standard InChI is InChI=1S/C38H41Si.3ClH.Ti/c1-27(2)31-15-10-18-35(23-31)39(36-19-11-16-32(24-36)28(3)4,37-20-12-17-33(25-37)29(5)6)38-22-21-34(26-38)30-13-8-7-9-14-30;;;;/h7-29H,1-6H3;3*1H;/q-1;;;;+4/p-3. The van der Waals surface area contributed by atoms with E-state index in [1.807, 2.05) is 0 Å². The molecule has 0 bridgehead atoms. The van der Waals surface area contributed by atoms with Gasteiger partial charge in [-0.1, -0.05) is 166 Å². The minimum atomic E-state index is -2.64. The molecular formula is C38H41Cl3SiTi.